The summed E-state index contributed by atoms with van der Waals surface area (Å²) < 4.78 is 0. The van der Waals surface area contributed by atoms with E-state index in [1.54, 1.807) is 0 Å². The van der Waals surface area contributed by atoms with Crippen LogP contribution in [0, 0.1) is 7.05 Å². The molecule has 0 spiro atoms. The van der Waals surface area contributed by atoms with E-state index in [2.05, 4.69) is 12.4 Å². The first-order valence-corrected chi connectivity index (χ1v) is 4.46. The van der Waals surface area contributed by atoms with Gasteiger partial charge in [-0.15, -0.1) is 0 Å². The monoisotopic (exact) mass is 140 g/mol. The Kier molecular flexibility index (Phi) is 3.81. The van der Waals surface area contributed by atoms with Gasteiger partial charge in [-0.2, -0.15) is 0 Å². The summed E-state index contributed by atoms with van der Waals surface area (Å²) >= 11 is 0. The van der Waals surface area contributed by atoms with Crippen LogP contribution in [0.5, 0.6) is 0 Å². The van der Waals surface area contributed by atoms with Gasteiger partial charge in [-0.1, -0.05) is 32.1 Å². The molecule has 0 atom stereocenters. The second-order valence-corrected chi connectivity index (χ2v) is 3.25. The lowest BCUT2D eigenvalue weighted by Gasteiger charge is -2.18. The van der Waals surface area contributed by atoms with Crippen LogP contribution in [0.2, 0.25) is 0 Å². The molecule has 0 unspecified atom stereocenters. The first-order chi connectivity index (χ1) is 4.93. The van der Waals surface area contributed by atoms with Gasteiger partial charge in [0, 0.05) is 13.1 Å². The van der Waals surface area contributed by atoms with Crippen LogP contribution < -0.4 is 5.32 Å². The second kappa shape index (κ2) is 4.73. The van der Waals surface area contributed by atoms with Crippen molar-refractivity contribution in [2.24, 2.45) is 0 Å². The van der Waals surface area contributed by atoms with E-state index in [4.69, 9.17) is 0 Å². The maximum atomic E-state index is 3.73. The molecule has 1 rings (SSSR count). The quantitative estimate of drug-likeness (QED) is 0.590. The van der Waals surface area contributed by atoms with E-state index in [0.29, 0.717) is 6.04 Å². The smallest absolute Gasteiger partial charge is 0.00794 e. The highest BCUT2D eigenvalue weighted by atomic mass is 14.9. The van der Waals surface area contributed by atoms with Crippen molar-refractivity contribution in [3.63, 3.8) is 0 Å². The van der Waals surface area contributed by atoms with E-state index < -0.39 is 0 Å². The van der Waals surface area contributed by atoms with Gasteiger partial charge in [0.25, 0.3) is 0 Å². The summed E-state index contributed by atoms with van der Waals surface area (Å²) in [5, 5.41) is 3.12. The Bertz CT molecular complexity index is 72.8. The maximum absolute atomic E-state index is 3.73. The molecular weight excluding hydrogens is 122 g/mol. The maximum Gasteiger partial charge on any atom is 0.00794 e. The van der Waals surface area contributed by atoms with Crippen LogP contribution in [0.15, 0.2) is 0 Å². The van der Waals surface area contributed by atoms with Crippen molar-refractivity contribution < 1.29 is 0 Å². The molecule has 1 aliphatic rings. The average Bonchev–Trinajstić information content (AvgIpc) is 1.87. The van der Waals surface area contributed by atoms with Crippen LogP contribution in [0.4, 0.5) is 0 Å². The zero-order valence-corrected chi connectivity index (χ0v) is 6.73. The summed E-state index contributed by atoms with van der Waals surface area (Å²) in [5.41, 5.74) is 0. The third-order valence-corrected chi connectivity index (χ3v) is 2.39. The molecule has 0 aromatic carbocycles. The highest BCUT2D eigenvalue weighted by molar-refractivity contribution is 4.68. The zero-order chi connectivity index (χ0) is 7.23. The van der Waals surface area contributed by atoms with E-state index >= 15 is 0 Å². The first-order valence-electron chi connectivity index (χ1n) is 4.46. The normalized spacial score (nSPS) is 23.7. The standard InChI is InChI=1S/C9H18N/c1-10-9-7-5-3-2-4-6-8-9/h9-10H,1-8H2. The molecule has 1 N–H and O–H groups in total. The zero-order valence-electron chi connectivity index (χ0n) is 6.73. The van der Waals surface area contributed by atoms with Crippen molar-refractivity contribution >= 4 is 0 Å². The van der Waals surface area contributed by atoms with Crippen molar-refractivity contribution in [3.8, 4) is 0 Å². The Morgan fingerprint density at radius 3 is 1.90 bits per heavy atom. The molecular formula is C9H18N. The summed E-state index contributed by atoms with van der Waals surface area (Å²) in [7, 11) is 3.73. The average molecular weight is 140 g/mol. The molecule has 1 fully saturated rings. The fourth-order valence-corrected chi connectivity index (χ4v) is 1.66. The largest absolute Gasteiger partial charge is 0.313 e. The van der Waals surface area contributed by atoms with Gasteiger partial charge >= 0.3 is 0 Å². The van der Waals surface area contributed by atoms with Gasteiger partial charge in [-0.25, -0.2) is 0 Å². The van der Waals surface area contributed by atoms with Gasteiger partial charge in [0.05, 0.1) is 0 Å². The third kappa shape index (κ3) is 2.70. The lowest BCUT2D eigenvalue weighted by atomic mass is 9.97. The minimum Gasteiger partial charge on any atom is -0.313 e. The fourth-order valence-electron chi connectivity index (χ4n) is 1.66. The molecule has 1 saturated carbocycles. The first kappa shape index (κ1) is 8.06. The van der Waals surface area contributed by atoms with Crippen LogP contribution in [-0.4, -0.2) is 6.04 Å². The summed E-state index contributed by atoms with van der Waals surface area (Å²) in [5.74, 6) is 0. The van der Waals surface area contributed by atoms with Gasteiger partial charge in [-0.05, 0) is 12.8 Å². The Morgan fingerprint density at radius 2 is 1.40 bits per heavy atom. The summed E-state index contributed by atoms with van der Waals surface area (Å²) in [6.45, 7) is 0. The van der Waals surface area contributed by atoms with Crippen LogP contribution in [0.1, 0.15) is 44.9 Å². The van der Waals surface area contributed by atoms with Crippen LogP contribution in [0.3, 0.4) is 0 Å². The van der Waals surface area contributed by atoms with E-state index in [-0.39, 0.29) is 0 Å². The van der Waals surface area contributed by atoms with Crippen LogP contribution in [0.25, 0.3) is 0 Å². The minimum atomic E-state index is 0.709. The fraction of sp³-hybridized carbons (Fsp3) is 0.889. The molecule has 0 aliphatic heterocycles. The lowest BCUT2D eigenvalue weighted by Crippen LogP contribution is -2.23. The molecule has 0 aromatic heterocycles. The Hall–Kier alpha value is -0.0400. The van der Waals surface area contributed by atoms with Crippen molar-refractivity contribution in [2.45, 2.75) is 51.0 Å². The SMILES string of the molecule is [CH2]NC1CCCCCCC1. The van der Waals surface area contributed by atoms with E-state index in [9.17, 15) is 0 Å². The summed E-state index contributed by atoms with van der Waals surface area (Å²) in [6, 6.07) is 0.709. The van der Waals surface area contributed by atoms with Crippen LogP contribution in [-0.2, 0) is 0 Å². The number of hydrogen-bond acceptors (Lipinski definition) is 1. The Balaban J connectivity index is 2.16. The molecule has 0 bridgehead atoms. The molecule has 1 radical (unpaired) electrons. The van der Waals surface area contributed by atoms with Gasteiger partial charge < -0.3 is 5.32 Å². The minimum absolute atomic E-state index is 0.709. The van der Waals surface area contributed by atoms with E-state index in [1.165, 1.54) is 44.9 Å². The molecule has 0 amide bonds. The number of rotatable bonds is 1. The van der Waals surface area contributed by atoms with Gasteiger partial charge in [0.15, 0.2) is 0 Å². The summed E-state index contributed by atoms with van der Waals surface area (Å²) in [4.78, 5) is 0. The van der Waals surface area contributed by atoms with E-state index in [1.807, 2.05) is 0 Å². The van der Waals surface area contributed by atoms with Gasteiger partial charge in [-0.3, -0.25) is 0 Å². The summed E-state index contributed by atoms with van der Waals surface area (Å²) in [6.07, 6.45) is 9.77. The molecule has 1 heteroatoms. The molecule has 0 heterocycles. The Morgan fingerprint density at radius 1 is 0.900 bits per heavy atom. The third-order valence-electron chi connectivity index (χ3n) is 2.39. The molecule has 10 heavy (non-hydrogen) atoms. The predicted molar refractivity (Wildman–Crippen MR) is 44.6 cm³/mol. The Labute approximate surface area is 64.2 Å². The molecule has 1 aliphatic carbocycles. The molecule has 0 saturated heterocycles. The van der Waals surface area contributed by atoms with Crippen molar-refractivity contribution in [1.82, 2.24) is 5.32 Å². The van der Waals surface area contributed by atoms with Crippen LogP contribution >= 0.6 is 0 Å². The van der Waals surface area contributed by atoms with Crippen molar-refractivity contribution in [1.29, 1.82) is 0 Å². The second-order valence-electron chi connectivity index (χ2n) is 3.25. The van der Waals surface area contributed by atoms with Crippen molar-refractivity contribution in [2.75, 3.05) is 0 Å². The molecule has 0 aromatic rings. The predicted octanol–water partition coefficient (Wildman–Crippen LogP) is 2.48. The number of nitrogens with one attached hydrogen (secondary N) is 1. The topological polar surface area (TPSA) is 12.0 Å². The number of hydrogen-bond donors (Lipinski definition) is 1. The molecule has 59 valence electrons. The lowest BCUT2D eigenvalue weighted by molar-refractivity contribution is 0.419. The van der Waals surface area contributed by atoms with Gasteiger partial charge in [0.2, 0.25) is 0 Å². The van der Waals surface area contributed by atoms with Crippen molar-refractivity contribution in [3.05, 3.63) is 7.05 Å². The van der Waals surface area contributed by atoms with Gasteiger partial charge in [0.1, 0.15) is 0 Å². The highest BCUT2D eigenvalue weighted by Gasteiger charge is 2.07. The highest BCUT2D eigenvalue weighted by Crippen LogP contribution is 2.16. The van der Waals surface area contributed by atoms with E-state index in [0.717, 1.165) is 0 Å². The molecule has 1 nitrogen and oxygen atoms in total.